The average molecular weight is 899 g/mol. The van der Waals surface area contributed by atoms with Gasteiger partial charge in [-0.1, -0.05) is 160 Å². The Morgan fingerprint density at radius 2 is 0.758 bits per heavy atom. The van der Waals surface area contributed by atoms with Crippen LogP contribution in [0.15, 0.2) is 36.5 Å². The number of phosphoric acid groups is 1. The molecule has 0 amide bonds. The van der Waals surface area contributed by atoms with Crippen LogP contribution in [-0.4, -0.2) is 66.5 Å². The first kappa shape index (κ1) is 59.7. The van der Waals surface area contributed by atoms with Crippen LogP contribution in [0.1, 0.15) is 226 Å². The summed E-state index contributed by atoms with van der Waals surface area (Å²) in [5.74, 6) is -1.49. The molecular formula is C50H91O11P. The van der Waals surface area contributed by atoms with Crippen LogP contribution in [0.3, 0.4) is 0 Å². The maximum absolute atomic E-state index is 12.8. The van der Waals surface area contributed by atoms with Gasteiger partial charge in [-0.25, -0.2) is 4.57 Å². The van der Waals surface area contributed by atoms with Gasteiger partial charge in [-0.3, -0.25) is 23.4 Å². The van der Waals surface area contributed by atoms with Crippen molar-refractivity contribution in [3.8, 4) is 0 Å². The Hall–Kier alpha value is -2.30. The van der Waals surface area contributed by atoms with E-state index in [0.717, 1.165) is 116 Å². The van der Waals surface area contributed by atoms with E-state index in [0.29, 0.717) is 19.3 Å². The quantitative estimate of drug-likeness (QED) is 0.0197. The van der Waals surface area contributed by atoms with Crippen LogP contribution in [0, 0.1) is 0 Å². The van der Waals surface area contributed by atoms with Crippen molar-refractivity contribution in [2.24, 2.45) is 0 Å². The molecule has 0 fully saturated rings. The Morgan fingerprint density at radius 3 is 1.16 bits per heavy atom. The Bertz CT molecular complexity index is 1190. The second-order valence-corrected chi connectivity index (χ2v) is 18.1. The van der Waals surface area contributed by atoms with Gasteiger partial charge in [-0.05, 0) is 83.5 Å². The fraction of sp³-hybridized carbons (Fsp3) is 0.820. The maximum atomic E-state index is 12.8. The largest absolute Gasteiger partial charge is 0.472 e. The number of ether oxygens (including phenoxy) is 3. The molecule has 0 rings (SSSR count). The van der Waals surface area contributed by atoms with Crippen LogP contribution in [0.4, 0.5) is 0 Å². The van der Waals surface area contributed by atoms with Crippen molar-refractivity contribution >= 4 is 25.7 Å². The summed E-state index contributed by atoms with van der Waals surface area (Å²) in [5, 5.41) is 9.74. The first-order valence-corrected chi connectivity index (χ1v) is 26.4. The number of rotatable bonds is 46. The van der Waals surface area contributed by atoms with Crippen LogP contribution in [0.5, 0.6) is 0 Å². The summed E-state index contributed by atoms with van der Waals surface area (Å²) in [5.41, 5.74) is 0. The second-order valence-electron chi connectivity index (χ2n) is 16.6. The first-order chi connectivity index (χ1) is 30.2. The number of esters is 3. The highest BCUT2D eigenvalue weighted by atomic mass is 31.2. The Balaban J connectivity index is 4.75. The molecule has 2 N–H and O–H groups in total. The Kier molecular flexibility index (Phi) is 43.6. The van der Waals surface area contributed by atoms with Gasteiger partial charge in [0.2, 0.25) is 0 Å². The number of allylic oxidation sites excluding steroid dienone is 6. The molecule has 3 unspecified atom stereocenters. The maximum Gasteiger partial charge on any atom is 0.472 e. The molecular weight excluding hydrogens is 808 g/mol. The lowest BCUT2D eigenvalue weighted by molar-refractivity contribution is -0.161. The highest BCUT2D eigenvalue weighted by Crippen LogP contribution is 2.43. The standard InChI is InChI=1S/C50H91O11P/c1-4-7-10-13-16-19-22-23-26-27-30-33-36-39-48(52)57-43-47(61-50(54)41-38-35-32-29-25-21-18-15-12-9-6-3)45-59-62(55,56)58-44-46(42-51)60-49(53)40-37-34-31-28-24-20-17-14-11-8-5-2/h14-15,17-19,22,46-47,51H,4-13,16,20-21,23-45H2,1-3H3,(H,55,56)/b17-14-,18-15-,22-19-. The summed E-state index contributed by atoms with van der Waals surface area (Å²) in [7, 11) is -4.74. The van der Waals surface area contributed by atoms with Crippen molar-refractivity contribution in [3.05, 3.63) is 36.5 Å². The predicted octanol–water partition coefficient (Wildman–Crippen LogP) is 13.7. The highest BCUT2D eigenvalue weighted by Gasteiger charge is 2.28. The lowest BCUT2D eigenvalue weighted by Crippen LogP contribution is -2.30. The number of phosphoric ester groups is 1. The van der Waals surface area contributed by atoms with Gasteiger partial charge in [0, 0.05) is 19.3 Å². The van der Waals surface area contributed by atoms with E-state index in [1.165, 1.54) is 51.4 Å². The van der Waals surface area contributed by atoms with Gasteiger partial charge >= 0.3 is 25.7 Å². The molecule has 0 heterocycles. The van der Waals surface area contributed by atoms with Crippen LogP contribution < -0.4 is 0 Å². The van der Waals surface area contributed by atoms with E-state index in [-0.39, 0.29) is 25.9 Å². The molecule has 0 spiro atoms. The van der Waals surface area contributed by atoms with E-state index in [1.54, 1.807) is 0 Å². The number of unbranched alkanes of at least 4 members (excludes halogenated alkanes) is 23. The lowest BCUT2D eigenvalue weighted by Gasteiger charge is -2.21. The molecule has 12 heteroatoms. The minimum absolute atomic E-state index is 0.156. The second kappa shape index (κ2) is 45.3. The fourth-order valence-electron chi connectivity index (χ4n) is 6.61. The number of hydrogen-bond acceptors (Lipinski definition) is 10. The molecule has 0 aliphatic heterocycles. The van der Waals surface area contributed by atoms with E-state index < -0.39 is 57.8 Å². The van der Waals surface area contributed by atoms with Gasteiger partial charge in [-0.15, -0.1) is 0 Å². The van der Waals surface area contributed by atoms with E-state index in [4.69, 9.17) is 23.3 Å². The van der Waals surface area contributed by atoms with Crippen LogP contribution >= 0.6 is 7.82 Å². The zero-order valence-corrected chi connectivity index (χ0v) is 40.5. The van der Waals surface area contributed by atoms with E-state index in [1.807, 2.05) is 0 Å². The topological polar surface area (TPSA) is 155 Å². The van der Waals surface area contributed by atoms with Crippen molar-refractivity contribution in [1.82, 2.24) is 0 Å². The molecule has 0 aliphatic carbocycles. The van der Waals surface area contributed by atoms with Gasteiger partial charge < -0.3 is 24.2 Å². The van der Waals surface area contributed by atoms with E-state index in [9.17, 15) is 28.9 Å². The predicted molar refractivity (Wildman–Crippen MR) is 252 cm³/mol. The van der Waals surface area contributed by atoms with Crippen LogP contribution in [-0.2, 0) is 42.2 Å². The molecule has 0 aromatic rings. The molecule has 0 saturated heterocycles. The van der Waals surface area contributed by atoms with Gasteiger partial charge in [0.05, 0.1) is 19.8 Å². The van der Waals surface area contributed by atoms with Gasteiger partial charge in [0.15, 0.2) is 6.10 Å². The molecule has 62 heavy (non-hydrogen) atoms. The Morgan fingerprint density at radius 1 is 0.435 bits per heavy atom. The Labute approximate surface area is 378 Å². The SMILES string of the molecule is CCCC/C=C\CCCCCCCC(=O)OC(CO)COP(=O)(O)OCC(COC(=O)CCCCCCC/C=C\CCCCCC)OC(=O)CCCCCCC/C=C\CCCC. The number of hydrogen-bond donors (Lipinski definition) is 2. The summed E-state index contributed by atoms with van der Waals surface area (Å²) in [6.07, 6.45) is 42.6. The summed E-state index contributed by atoms with van der Waals surface area (Å²) < 4.78 is 39.2. The van der Waals surface area contributed by atoms with Gasteiger partial charge in [-0.2, -0.15) is 0 Å². The molecule has 0 aromatic carbocycles. The number of aliphatic hydroxyl groups excluding tert-OH is 1. The number of carbonyl (C=O) groups excluding carboxylic acids is 3. The summed E-state index contributed by atoms with van der Waals surface area (Å²) in [6.45, 7) is 4.50. The third-order valence-electron chi connectivity index (χ3n) is 10.5. The number of aliphatic hydroxyl groups is 1. The molecule has 362 valence electrons. The fourth-order valence-corrected chi connectivity index (χ4v) is 7.39. The van der Waals surface area contributed by atoms with Crippen molar-refractivity contribution < 1.29 is 52.2 Å². The zero-order valence-electron chi connectivity index (χ0n) is 39.6. The zero-order chi connectivity index (χ0) is 45.6. The molecule has 0 aliphatic rings. The molecule has 0 radical (unpaired) electrons. The van der Waals surface area contributed by atoms with Crippen molar-refractivity contribution in [1.29, 1.82) is 0 Å². The lowest BCUT2D eigenvalue weighted by atomic mass is 10.1. The minimum atomic E-state index is -4.74. The third-order valence-corrected chi connectivity index (χ3v) is 11.5. The van der Waals surface area contributed by atoms with Crippen molar-refractivity contribution in [2.45, 2.75) is 238 Å². The monoisotopic (exact) mass is 899 g/mol. The number of carbonyl (C=O) groups is 3. The third kappa shape index (κ3) is 43.0. The van der Waals surface area contributed by atoms with Gasteiger partial charge in [0.25, 0.3) is 0 Å². The smallest absolute Gasteiger partial charge is 0.462 e. The molecule has 11 nitrogen and oxygen atoms in total. The van der Waals surface area contributed by atoms with E-state index >= 15 is 0 Å². The van der Waals surface area contributed by atoms with Crippen molar-refractivity contribution in [3.63, 3.8) is 0 Å². The average Bonchev–Trinajstić information content (AvgIpc) is 3.25. The van der Waals surface area contributed by atoms with Crippen molar-refractivity contribution in [2.75, 3.05) is 26.4 Å². The summed E-state index contributed by atoms with van der Waals surface area (Å²) in [4.78, 5) is 48.1. The molecule has 0 bridgehead atoms. The van der Waals surface area contributed by atoms with Crippen LogP contribution in [0.2, 0.25) is 0 Å². The summed E-state index contributed by atoms with van der Waals surface area (Å²) in [6, 6.07) is 0. The highest BCUT2D eigenvalue weighted by molar-refractivity contribution is 7.47. The normalized spacial score (nSPS) is 13.8. The van der Waals surface area contributed by atoms with E-state index in [2.05, 4.69) is 57.2 Å². The molecule has 0 aromatic heterocycles. The van der Waals surface area contributed by atoms with Gasteiger partial charge in [0.1, 0.15) is 12.7 Å². The first-order valence-electron chi connectivity index (χ1n) is 24.9. The molecule has 0 saturated carbocycles. The molecule has 3 atom stereocenters. The minimum Gasteiger partial charge on any atom is -0.462 e. The summed E-state index contributed by atoms with van der Waals surface area (Å²) >= 11 is 0. The van der Waals surface area contributed by atoms with Crippen LogP contribution in [0.25, 0.3) is 0 Å².